The summed E-state index contributed by atoms with van der Waals surface area (Å²) < 4.78 is 14.6. The number of amides is 1. The molecule has 0 unspecified atom stereocenters. The fraction of sp³-hybridized carbons (Fsp3) is 0.174. The first-order valence-electron chi connectivity index (χ1n) is 9.73. The lowest BCUT2D eigenvalue weighted by Gasteiger charge is -2.09. The Labute approximate surface area is 175 Å². The van der Waals surface area contributed by atoms with Crippen molar-refractivity contribution in [3.05, 3.63) is 81.5 Å². The van der Waals surface area contributed by atoms with Crippen LogP contribution < -0.4 is 10.9 Å². The highest BCUT2D eigenvalue weighted by molar-refractivity contribution is 7.17. The molecule has 0 aliphatic heterocycles. The van der Waals surface area contributed by atoms with Gasteiger partial charge in [-0.25, -0.2) is 9.37 Å². The summed E-state index contributed by atoms with van der Waals surface area (Å²) in [6.07, 6.45) is 4.66. The number of aryl methyl sites for hydroxylation is 2. The third kappa shape index (κ3) is 3.41. The monoisotopic (exact) mass is 419 g/mol. The van der Waals surface area contributed by atoms with Gasteiger partial charge in [0, 0.05) is 16.6 Å². The van der Waals surface area contributed by atoms with Crippen molar-refractivity contribution in [2.45, 2.75) is 25.8 Å². The van der Waals surface area contributed by atoms with Crippen LogP contribution in [0.25, 0.3) is 21.3 Å². The Bertz CT molecular complexity index is 1320. The van der Waals surface area contributed by atoms with E-state index in [1.807, 2.05) is 17.5 Å². The van der Waals surface area contributed by atoms with Crippen molar-refractivity contribution in [1.82, 2.24) is 9.55 Å². The van der Waals surface area contributed by atoms with Crippen LogP contribution in [0, 0.1) is 5.82 Å². The van der Waals surface area contributed by atoms with E-state index in [0.717, 1.165) is 30.5 Å². The molecular formula is C23H18FN3O2S. The van der Waals surface area contributed by atoms with Crippen molar-refractivity contribution in [3.63, 3.8) is 0 Å². The Balaban J connectivity index is 1.42. The number of hydrogen-bond donors (Lipinski definition) is 1. The highest BCUT2D eigenvalue weighted by Gasteiger charge is 2.16. The molecule has 0 saturated heterocycles. The van der Waals surface area contributed by atoms with Gasteiger partial charge in [-0.2, -0.15) is 0 Å². The van der Waals surface area contributed by atoms with Gasteiger partial charge in [0.1, 0.15) is 17.2 Å². The minimum Gasteiger partial charge on any atom is -0.325 e. The Morgan fingerprint density at radius 1 is 1.13 bits per heavy atom. The highest BCUT2D eigenvalue weighted by atomic mass is 32.1. The Hall–Kier alpha value is -3.32. The van der Waals surface area contributed by atoms with E-state index < -0.39 is 0 Å². The molecule has 0 bridgehead atoms. The molecule has 0 atom stereocenters. The van der Waals surface area contributed by atoms with Gasteiger partial charge in [-0.05, 0) is 60.2 Å². The van der Waals surface area contributed by atoms with Crippen LogP contribution in [0.4, 0.5) is 10.1 Å². The summed E-state index contributed by atoms with van der Waals surface area (Å²) in [5.41, 5.74) is 4.50. The lowest BCUT2D eigenvalue weighted by Crippen LogP contribution is -2.27. The Morgan fingerprint density at radius 3 is 2.77 bits per heavy atom. The van der Waals surface area contributed by atoms with Crippen LogP contribution in [0.5, 0.6) is 0 Å². The van der Waals surface area contributed by atoms with Crippen molar-refractivity contribution < 1.29 is 9.18 Å². The summed E-state index contributed by atoms with van der Waals surface area (Å²) in [7, 11) is 0. The first-order valence-corrected chi connectivity index (χ1v) is 10.6. The predicted molar refractivity (Wildman–Crippen MR) is 116 cm³/mol. The van der Waals surface area contributed by atoms with Gasteiger partial charge in [-0.3, -0.25) is 14.2 Å². The van der Waals surface area contributed by atoms with E-state index in [4.69, 9.17) is 0 Å². The Morgan fingerprint density at radius 2 is 1.93 bits per heavy atom. The average Bonchev–Trinajstić information content (AvgIpc) is 3.37. The summed E-state index contributed by atoms with van der Waals surface area (Å²) in [5.74, 6) is -0.619. The number of carbonyl (C=O) groups is 1. The smallest absolute Gasteiger partial charge is 0.263 e. The number of aromatic nitrogens is 2. The number of halogens is 1. The van der Waals surface area contributed by atoms with Crippen molar-refractivity contribution in [2.75, 3.05) is 5.32 Å². The molecule has 7 heteroatoms. The molecule has 0 spiro atoms. The number of nitrogens with zero attached hydrogens (tertiary/aromatic N) is 2. The first kappa shape index (κ1) is 18.7. The molecule has 5 nitrogen and oxygen atoms in total. The van der Waals surface area contributed by atoms with E-state index in [2.05, 4.69) is 16.4 Å². The van der Waals surface area contributed by atoms with Crippen LogP contribution >= 0.6 is 11.3 Å². The number of thiophene rings is 1. The van der Waals surface area contributed by atoms with E-state index in [1.54, 1.807) is 12.1 Å². The minimum absolute atomic E-state index is 0.127. The lowest BCUT2D eigenvalue weighted by molar-refractivity contribution is -0.116. The van der Waals surface area contributed by atoms with Crippen molar-refractivity contribution in [1.29, 1.82) is 0 Å². The maximum atomic E-state index is 13.3. The van der Waals surface area contributed by atoms with Crippen LogP contribution in [0.3, 0.4) is 0 Å². The van der Waals surface area contributed by atoms with Crippen molar-refractivity contribution >= 4 is 33.1 Å². The summed E-state index contributed by atoms with van der Waals surface area (Å²) in [4.78, 5) is 30.6. The van der Waals surface area contributed by atoms with E-state index >= 15 is 0 Å². The number of anilines is 1. The van der Waals surface area contributed by atoms with Gasteiger partial charge < -0.3 is 5.32 Å². The summed E-state index contributed by atoms with van der Waals surface area (Å²) in [6.45, 7) is -0.127. The van der Waals surface area contributed by atoms with Gasteiger partial charge in [0.2, 0.25) is 5.91 Å². The van der Waals surface area contributed by atoms with Crippen molar-refractivity contribution in [2.24, 2.45) is 0 Å². The fourth-order valence-electron chi connectivity index (χ4n) is 3.93. The standard InChI is InChI=1S/C23H18FN3O2S/c24-17-7-4-15(5-8-17)19-12-30-22-21(19)23(29)27(13-25-22)11-20(28)26-18-9-6-14-2-1-3-16(14)10-18/h4-10,12-13H,1-3,11H2,(H,26,28). The molecule has 0 saturated carbocycles. The van der Waals surface area contributed by atoms with Gasteiger partial charge >= 0.3 is 0 Å². The van der Waals surface area contributed by atoms with Crippen LogP contribution in [-0.4, -0.2) is 15.5 Å². The molecule has 30 heavy (non-hydrogen) atoms. The molecule has 1 aliphatic rings. The molecule has 1 N–H and O–H groups in total. The van der Waals surface area contributed by atoms with E-state index in [-0.39, 0.29) is 23.8 Å². The second-order valence-corrected chi connectivity index (χ2v) is 8.26. The zero-order chi connectivity index (χ0) is 20.7. The average molecular weight is 419 g/mol. The Kier molecular flexibility index (Phi) is 4.67. The third-order valence-corrected chi connectivity index (χ3v) is 6.30. The lowest BCUT2D eigenvalue weighted by atomic mass is 10.1. The summed E-state index contributed by atoms with van der Waals surface area (Å²) in [5, 5.41) is 5.15. The van der Waals surface area contributed by atoms with Gasteiger partial charge in [-0.15, -0.1) is 11.3 Å². The zero-order valence-electron chi connectivity index (χ0n) is 16.0. The topological polar surface area (TPSA) is 64.0 Å². The number of benzene rings is 2. The molecule has 0 radical (unpaired) electrons. The van der Waals surface area contributed by atoms with Crippen LogP contribution in [-0.2, 0) is 24.2 Å². The zero-order valence-corrected chi connectivity index (χ0v) is 16.8. The van der Waals surface area contributed by atoms with Gasteiger partial charge in [-0.1, -0.05) is 18.2 Å². The number of hydrogen-bond acceptors (Lipinski definition) is 4. The van der Waals surface area contributed by atoms with Crippen molar-refractivity contribution in [3.8, 4) is 11.1 Å². The van der Waals surface area contributed by atoms with Crippen LogP contribution in [0.2, 0.25) is 0 Å². The van der Waals surface area contributed by atoms with E-state index in [9.17, 15) is 14.0 Å². The molecule has 2 aromatic heterocycles. The van der Waals surface area contributed by atoms with Crippen LogP contribution in [0.15, 0.2) is 59.0 Å². The van der Waals surface area contributed by atoms with E-state index in [0.29, 0.717) is 15.8 Å². The van der Waals surface area contributed by atoms with Gasteiger partial charge in [0.25, 0.3) is 5.56 Å². The normalized spacial score (nSPS) is 12.8. The number of fused-ring (bicyclic) bond motifs is 2. The highest BCUT2D eigenvalue weighted by Crippen LogP contribution is 2.30. The molecule has 150 valence electrons. The molecule has 1 aliphatic carbocycles. The molecule has 4 aromatic rings. The molecule has 5 rings (SSSR count). The predicted octanol–water partition coefficient (Wildman–Crippen LogP) is 4.39. The molecule has 1 amide bonds. The number of rotatable bonds is 4. The maximum absolute atomic E-state index is 13.3. The minimum atomic E-state index is -0.336. The van der Waals surface area contributed by atoms with Crippen LogP contribution in [0.1, 0.15) is 17.5 Å². The summed E-state index contributed by atoms with van der Waals surface area (Å²) >= 11 is 1.35. The largest absolute Gasteiger partial charge is 0.325 e. The summed E-state index contributed by atoms with van der Waals surface area (Å²) in [6, 6.07) is 11.9. The molecular weight excluding hydrogens is 401 g/mol. The molecule has 0 fully saturated rings. The molecule has 2 heterocycles. The van der Waals surface area contributed by atoms with E-state index in [1.165, 1.54) is 45.5 Å². The second kappa shape index (κ2) is 7.50. The first-order chi connectivity index (χ1) is 14.6. The maximum Gasteiger partial charge on any atom is 0.263 e. The quantitative estimate of drug-likeness (QED) is 0.534. The number of carbonyl (C=O) groups excluding carboxylic acids is 1. The van der Waals surface area contributed by atoms with Gasteiger partial charge in [0.05, 0.1) is 11.7 Å². The molecule has 2 aromatic carbocycles. The SMILES string of the molecule is O=C(Cn1cnc2scc(-c3ccc(F)cc3)c2c1=O)Nc1ccc2c(c1)CCC2. The third-order valence-electron chi connectivity index (χ3n) is 5.41. The second-order valence-electron chi connectivity index (χ2n) is 7.40. The fourth-order valence-corrected chi connectivity index (χ4v) is 4.83. The number of nitrogens with one attached hydrogen (secondary N) is 1. The van der Waals surface area contributed by atoms with Gasteiger partial charge in [0.15, 0.2) is 0 Å².